The molecule has 1 atom stereocenters. The minimum atomic E-state index is -0.850. The molecule has 0 aliphatic heterocycles. The van der Waals surface area contributed by atoms with Gasteiger partial charge in [-0.05, 0) is 41.8 Å². The summed E-state index contributed by atoms with van der Waals surface area (Å²) >= 11 is 0. The number of hydrogen-bond acceptors (Lipinski definition) is 5. The standard InChI is InChI=1S/C24H24N2O4/c25-22(15-18-11-13-21(27)14-12-18)24(29)26(20-9-5-2-6-10-20)16-23(28)30-17-19-7-3-1-4-8-19/h1-14,22,27H,15-17,25H2/t22-/m1/s1. The second-order valence-electron chi connectivity index (χ2n) is 6.88. The van der Waals surface area contributed by atoms with Crippen LogP contribution in [-0.4, -0.2) is 29.6 Å². The molecule has 0 heterocycles. The van der Waals surface area contributed by atoms with Crippen molar-refractivity contribution in [2.24, 2.45) is 5.73 Å². The second kappa shape index (κ2) is 10.2. The molecule has 3 aromatic carbocycles. The number of amides is 1. The Morgan fingerprint density at radius 3 is 2.10 bits per heavy atom. The molecule has 3 N–H and O–H groups in total. The van der Waals surface area contributed by atoms with E-state index in [2.05, 4.69) is 0 Å². The maximum atomic E-state index is 13.1. The summed E-state index contributed by atoms with van der Waals surface area (Å²) in [5, 5.41) is 9.41. The summed E-state index contributed by atoms with van der Waals surface area (Å²) in [6, 6.07) is 23.9. The Hall–Kier alpha value is -3.64. The van der Waals surface area contributed by atoms with Crippen LogP contribution in [0.1, 0.15) is 11.1 Å². The number of rotatable bonds is 8. The van der Waals surface area contributed by atoms with Crippen LogP contribution in [0.5, 0.6) is 5.75 Å². The van der Waals surface area contributed by atoms with E-state index in [0.717, 1.165) is 11.1 Å². The zero-order chi connectivity index (χ0) is 21.3. The average Bonchev–Trinajstić information content (AvgIpc) is 2.78. The van der Waals surface area contributed by atoms with Gasteiger partial charge in [0.25, 0.3) is 0 Å². The molecule has 0 bridgehead atoms. The van der Waals surface area contributed by atoms with Crippen molar-refractivity contribution in [3.05, 3.63) is 96.1 Å². The number of benzene rings is 3. The number of esters is 1. The fourth-order valence-electron chi connectivity index (χ4n) is 2.99. The Labute approximate surface area is 175 Å². The summed E-state index contributed by atoms with van der Waals surface area (Å²) in [6.07, 6.45) is 0.279. The first-order chi connectivity index (χ1) is 14.5. The predicted molar refractivity (Wildman–Crippen MR) is 115 cm³/mol. The number of phenols is 1. The lowest BCUT2D eigenvalue weighted by Crippen LogP contribution is -2.47. The molecule has 154 valence electrons. The van der Waals surface area contributed by atoms with Crippen LogP contribution in [0.4, 0.5) is 5.69 Å². The number of nitrogens with two attached hydrogens (primary N) is 1. The van der Waals surface area contributed by atoms with E-state index in [1.807, 2.05) is 36.4 Å². The largest absolute Gasteiger partial charge is 0.508 e. The highest BCUT2D eigenvalue weighted by atomic mass is 16.5. The van der Waals surface area contributed by atoms with Crippen LogP contribution >= 0.6 is 0 Å². The zero-order valence-corrected chi connectivity index (χ0v) is 16.5. The molecule has 0 aromatic heterocycles. The van der Waals surface area contributed by atoms with Crippen LogP contribution in [-0.2, 0) is 27.4 Å². The Morgan fingerprint density at radius 1 is 0.867 bits per heavy atom. The van der Waals surface area contributed by atoms with Crippen molar-refractivity contribution in [1.82, 2.24) is 0 Å². The van der Waals surface area contributed by atoms with Crippen LogP contribution in [0, 0.1) is 0 Å². The third-order valence-corrected chi connectivity index (χ3v) is 4.57. The fraction of sp³-hybridized carbons (Fsp3) is 0.167. The van der Waals surface area contributed by atoms with E-state index in [0.29, 0.717) is 5.69 Å². The van der Waals surface area contributed by atoms with Crippen molar-refractivity contribution in [3.8, 4) is 5.75 Å². The van der Waals surface area contributed by atoms with Gasteiger partial charge in [-0.2, -0.15) is 0 Å². The molecular weight excluding hydrogens is 380 g/mol. The summed E-state index contributed by atoms with van der Waals surface area (Å²) in [6.45, 7) is -0.102. The predicted octanol–water partition coefficient (Wildman–Crippen LogP) is 3.04. The van der Waals surface area contributed by atoms with E-state index in [1.54, 1.807) is 48.5 Å². The first kappa shape index (κ1) is 21.1. The van der Waals surface area contributed by atoms with Crippen LogP contribution < -0.4 is 10.6 Å². The van der Waals surface area contributed by atoms with Crippen LogP contribution in [0.2, 0.25) is 0 Å². The van der Waals surface area contributed by atoms with Gasteiger partial charge < -0.3 is 15.6 Å². The van der Waals surface area contributed by atoms with Gasteiger partial charge >= 0.3 is 5.97 Å². The molecule has 0 aliphatic carbocycles. The topological polar surface area (TPSA) is 92.9 Å². The molecule has 0 radical (unpaired) electrons. The highest BCUT2D eigenvalue weighted by Crippen LogP contribution is 2.17. The van der Waals surface area contributed by atoms with Crippen LogP contribution in [0.25, 0.3) is 0 Å². The van der Waals surface area contributed by atoms with E-state index in [9.17, 15) is 14.7 Å². The van der Waals surface area contributed by atoms with Crippen molar-refractivity contribution >= 4 is 17.6 Å². The SMILES string of the molecule is N[C@H](Cc1ccc(O)cc1)C(=O)N(CC(=O)OCc1ccccc1)c1ccccc1. The van der Waals surface area contributed by atoms with Crippen molar-refractivity contribution in [1.29, 1.82) is 0 Å². The van der Waals surface area contributed by atoms with Crippen LogP contribution in [0.3, 0.4) is 0 Å². The smallest absolute Gasteiger partial charge is 0.326 e. The Kier molecular flexibility index (Phi) is 7.19. The van der Waals surface area contributed by atoms with Gasteiger partial charge in [0.1, 0.15) is 18.9 Å². The molecule has 6 nitrogen and oxygen atoms in total. The minimum absolute atomic E-state index is 0.135. The first-order valence-electron chi connectivity index (χ1n) is 9.62. The molecule has 0 aliphatic rings. The molecule has 30 heavy (non-hydrogen) atoms. The number of anilines is 1. The van der Waals surface area contributed by atoms with E-state index in [1.165, 1.54) is 4.90 Å². The molecular formula is C24H24N2O4. The van der Waals surface area contributed by atoms with E-state index < -0.39 is 12.0 Å². The highest BCUT2D eigenvalue weighted by molar-refractivity contribution is 6.00. The lowest BCUT2D eigenvalue weighted by Gasteiger charge is -2.25. The molecule has 0 saturated heterocycles. The second-order valence-corrected chi connectivity index (χ2v) is 6.88. The van der Waals surface area contributed by atoms with Crippen molar-refractivity contribution in [2.75, 3.05) is 11.4 Å². The van der Waals surface area contributed by atoms with E-state index in [4.69, 9.17) is 10.5 Å². The van der Waals surface area contributed by atoms with Gasteiger partial charge in [0.15, 0.2) is 0 Å². The summed E-state index contributed by atoms with van der Waals surface area (Å²) < 4.78 is 5.34. The van der Waals surface area contributed by atoms with Gasteiger partial charge in [-0.15, -0.1) is 0 Å². The number of nitrogens with zero attached hydrogens (tertiary/aromatic N) is 1. The number of carbonyl (C=O) groups excluding carboxylic acids is 2. The van der Waals surface area contributed by atoms with Gasteiger partial charge in [-0.3, -0.25) is 14.5 Å². The van der Waals surface area contributed by atoms with E-state index >= 15 is 0 Å². The monoisotopic (exact) mass is 404 g/mol. The fourth-order valence-corrected chi connectivity index (χ4v) is 2.99. The van der Waals surface area contributed by atoms with Gasteiger partial charge in [0, 0.05) is 5.69 Å². The number of aromatic hydroxyl groups is 1. The zero-order valence-electron chi connectivity index (χ0n) is 16.5. The summed E-state index contributed by atoms with van der Waals surface area (Å²) in [5.41, 5.74) is 8.41. The number of carbonyl (C=O) groups is 2. The molecule has 6 heteroatoms. The molecule has 0 saturated carbocycles. The Bertz CT molecular complexity index is 960. The molecule has 3 rings (SSSR count). The lowest BCUT2D eigenvalue weighted by molar-refractivity contribution is -0.144. The molecule has 0 fully saturated rings. The maximum absolute atomic E-state index is 13.1. The average molecular weight is 404 g/mol. The summed E-state index contributed by atoms with van der Waals surface area (Å²) in [7, 11) is 0. The van der Waals surface area contributed by atoms with Crippen molar-refractivity contribution in [3.63, 3.8) is 0 Å². The van der Waals surface area contributed by atoms with Gasteiger partial charge in [0.2, 0.25) is 5.91 Å². The number of para-hydroxylation sites is 1. The van der Waals surface area contributed by atoms with Crippen molar-refractivity contribution in [2.45, 2.75) is 19.1 Å². The van der Waals surface area contributed by atoms with Crippen molar-refractivity contribution < 1.29 is 19.4 Å². The van der Waals surface area contributed by atoms with E-state index in [-0.39, 0.29) is 31.2 Å². The summed E-state index contributed by atoms with van der Waals surface area (Å²) in [4.78, 5) is 26.9. The quantitative estimate of drug-likeness (QED) is 0.563. The van der Waals surface area contributed by atoms with Gasteiger partial charge in [0.05, 0.1) is 6.04 Å². The number of phenolic OH excluding ortho intramolecular Hbond substituents is 1. The van der Waals surface area contributed by atoms with Crippen LogP contribution in [0.15, 0.2) is 84.9 Å². The molecule has 0 unspecified atom stereocenters. The van der Waals surface area contributed by atoms with Gasteiger partial charge in [-0.1, -0.05) is 60.7 Å². The summed E-state index contributed by atoms with van der Waals surface area (Å²) in [5.74, 6) is -0.760. The maximum Gasteiger partial charge on any atom is 0.326 e. The van der Waals surface area contributed by atoms with Gasteiger partial charge in [-0.25, -0.2) is 0 Å². The first-order valence-corrected chi connectivity index (χ1v) is 9.62. The minimum Gasteiger partial charge on any atom is -0.508 e. The molecule has 3 aromatic rings. The third kappa shape index (κ3) is 5.93. The Morgan fingerprint density at radius 2 is 1.47 bits per heavy atom. The third-order valence-electron chi connectivity index (χ3n) is 4.57. The Balaban J connectivity index is 1.69. The number of ether oxygens (including phenoxy) is 1. The lowest BCUT2D eigenvalue weighted by atomic mass is 10.0. The highest BCUT2D eigenvalue weighted by Gasteiger charge is 2.25. The molecule has 0 spiro atoms. The normalized spacial score (nSPS) is 11.5. The molecule has 1 amide bonds. The number of hydrogen-bond donors (Lipinski definition) is 2.